The summed E-state index contributed by atoms with van der Waals surface area (Å²) in [6.07, 6.45) is 3.74. The Kier molecular flexibility index (Phi) is 4.47. The first-order chi connectivity index (χ1) is 11.0. The SMILES string of the molecule is CO[C@@H]1CC[C@@]2(OC)CCN(C(=O)c3cc(C(C)C)no3)[C@H]2C1. The number of carbonyl (C=O) groups excluding carboxylic acids is 1. The van der Waals surface area contributed by atoms with Crippen LogP contribution >= 0.6 is 0 Å². The molecule has 3 rings (SSSR count). The summed E-state index contributed by atoms with van der Waals surface area (Å²) in [6.45, 7) is 4.75. The van der Waals surface area contributed by atoms with E-state index in [1.54, 1.807) is 20.3 Å². The molecule has 1 amide bonds. The van der Waals surface area contributed by atoms with Crippen LogP contribution in [0, 0.1) is 0 Å². The molecule has 23 heavy (non-hydrogen) atoms. The van der Waals surface area contributed by atoms with Crippen LogP contribution in [0.1, 0.15) is 61.7 Å². The van der Waals surface area contributed by atoms with Crippen molar-refractivity contribution in [3.63, 3.8) is 0 Å². The molecule has 1 saturated heterocycles. The second-order valence-corrected chi connectivity index (χ2v) is 6.94. The zero-order chi connectivity index (χ0) is 16.6. The smallest absolute Gasteiger partial charge is 0.292 e. The van der Waals surface area contributed by atoms with Gasteiger partial charge < -0.3 is 18.9 Å². The van der Waals surface area contributed by atoms with Gasteiger partial charge in [0.15, 0.2) is 0 Å². The minimum absolute atomic E-state index is 0.0336. The van der Waals surface area contributed by atoms with Gasteiger partial charge in [0.1, 0.15) is 0 Å². The first-order valence-electron chi connectivity index (χ1n) is 8.36. The van der Waals surface area contributed by atoms with E-state index in [4.69, 9.17) is 14.0 Å². The van der Waals surface area contributed by atoms with Crippen LogP contribution in [0.2, 0.25) is 0 Å². The molecule has 0 unspecified atom stereocenters. The molecule has 0 aromatic carbocycles. The van der Waals surface area contributed by atoms with Crippen LogP contribution in [-0.2, 0) is 9.47 Å². The molecule has 0 N–H and O–H groups in total. The highest BCUT2D eigenvalue weighted by Gasteiger charge is 2.53. The fourth-order valence-electron chi connectivity index (χ4n) is 3.92. The van der Waals surface area contributed by atoms with Crippen molar-refractivity contribution in [2.24, 2.45) is 0 Å². The topological polar surface area (TPSA) is 64.8 Å². The lowest BCUT2D eigenvalue weighted by molar-refractivity contribution is -0.0896. The van der Waals surface area contributed by atoms with E-state index in [9.17, 15) is 4.79 Å². The van der Waals surface area contributed by atoms with Gasteiger partial charge >= 0.3 is 0 Å². The Morgan fingerprint density at radius 3 is 2.83 bits per heavy atom. The van der Waals surface area contributed by atoms with Crippen LogP contribution in [-0.4, -0.2) is 54.5 Å². The molecule has 1 aromatic rings. The molecule has 6 nitrogen and oxygen atoms in total. The fraction of sp³-hybridized carbons (Fsp3) is 0.765. The summed E-state index contributed by atoms with van der Waals surface area (Å²) in [5, 5.41) is 4.00. The third-order valence-electron chi connectivity index (χ3n) is 5.47. The number of rotatable bonds is 4. The van der Waals surface area contributed by atoms with Crippen LogP contribution in [0.5, 0.6) is 0 Å². The van der Waals surface area contributed by atoms with Crippen LogP contribution in [0.25, 0.3) is 0 Å². The van der Waals surface area contributed by atoms with Gasteiger partial charge in [0, 0.05) is 26.8 Å². The predicted octanol–water partition coefficient (Wildman–Crippen LogP) is 2.60. The van der Waals surface area contributed by atoms with E-state index < -0.39 is 0 Å². The lowest BCUT2D eigenvalue weighted by atomic mass is 9.79. The normalized spacial score (nSPS) is 30.7. The van der Waals surface area contributed by atoms with Crippen molar-refractivity contribution in [3.05, 3.63) is 17.5 Å². The van der Waals surface area contributed by atoms with Crippen molar-refractivity contribution < 1.29 is 18.8 Å². The average Bonchev–Trinajstić information content (AvgIpc) is 3.19. The lowest BCUT2D eigenvalue weighted by Gasteiger charge is -2.43. The molecule has 1 aliphatic heterocycles. The number of ether oxygens (including phenoxy) is 2. The Morgan fingerprint density at radius 2 is 2.22 bits per heavy atom. The van der Waals surface area contributed by atoms with E-state index in [0.29, 0.717) is 12.3 Å². The number of hydrogen-bond acceptors (Lipinski definition) is 5. The van der Waals surface area contributed by atoms with Crippen molar-refractivity contribution in [1.29, 1.82) is 0 Å². The summed E-state index contributed by atoms with van der Waals surface area (Å²) in [5.41, 5.74) is 0.565. The number of carbonyl (C=O) groups is 1. The molecule has 128 valence electrons. The molecule has 1 aromatic heterocycles. The average molecular weight is 322 g/mol. The van der Waals surface area contributed by atoms with E-state index >= 15 is 0 Å². The molecule has 1 saturated carbocycles. The number of nitrogens with zero attached hydrogens (tertiary/aromatic N) is 2. The number of methoxy groups -OCH3 is 2. The molecule has 2 heterocycles. The number of likely N-dealkylation sites (tertiary alicyclic amines) is 1. The molecule has 0 bridgehead atoms. The standard InChI is InChI=1S/C17H26N2O4/c1-11(2)13-10-14(23-18-13)16(20)19-8-7-17(22-4)6-5-12(21-3)9-15(17)19/h10-12,15H,5-9H2,1-4H3/t12-,15+,17-/m1/s1. The fourth-order valence-corrected chi connectivity index (χ4v) is 3.92. The molecule has 0 radical (unpaired) electrons. The van der Waals surface area contributed by atoms with Crippen molar-refractivity contribution in [2.75, 3.05) is 20.8 Å². The zero-order valence-corrected chi connectivity index (χ0v) is 14.4. The first kappa shape index (κ1) is 16.5. The summed E-state index contributed by atoms with van der Waals surface area (Å²) in [5.74, 6) is 0.467. The zero-order valence-electron chi connectivity index (χ0n) is 14.4. The maximum atomic E-state index is 12.9. The Balaban J connectivity index is 1.82. The van der Waals surface area contributed by atoms with Gasteiger partial charge in [-0.3, -0.25) is 4.79 Å². The molecular formula is C17H26N2O4. The molecule has 3 atom stereocenters. The van der Waals surface area contributed by atoms with Crippen LogP contribution in [0.4, 0.5) is 0 Å². The van der Waals surface area contributed by atoms with Crippen LogP contribution in [0.15, 0.2) is 10.6 Å². The summed E-state index contributed by atoms with van der Waals surface area (Å²) in [4.78, 5) is 14.8. The highest BCUT2D eigenvalue weighted by atomic mass is 16.5. The Bertz CT molecular complexity index is 571. The predicted molar refractivity (Wildman–Crippen MR) is 84.4 cm³/mol. The van der Waals surface area contributed by atoms with Gasteiger partial charge in [-0.25, -0.2) is 0 Å². The third-order valence-corrected chi connectivity index (χ3v) is 5.47. The summed E-state index contributed by atoms with van der Waals surface area (Å²) in [6, 6.07) is 1.79. The summed E-state index contributed by atoms with van der Waals surface area (Å²) >= 11 is 0. The minimum Gasteiger partial charge on any atom is -0.381 e. The third kappa shape index (κ3) is 2.78. The van der Waals surface area contributed by atoms with Crippen molar-refractivity contribution in [3.8, 4) is 0 Å². The Morgan fingerprint density at radius 1 is 1.43 bits per heavy atom. The molecule has 2 aliphatic rings. The first-order valence-corrected chi connectivity index (χ1v) is 8.36. The van der Waals surface area contributed by atoms with Gasteiger partial charge in [-0.05, 0) is 31.6 Å². The van der Waals surface area contributed by atoms with E-state index in [2.05, 4.69) is 5.16 Å². The number of fused-ring (bicyclic) bond motifs is 1. The second-order valence-electron chi connectivity index (χ2n) is 6.94. The Labute approximate surface area is 137 Å². The summed E-state index contributed by atoms with van der Waals surface area (Å²) < 4.78 is 16.7. The molecule has 6 heteroatoms. The highest BCUT2D eigenvalue weighted by molar-refractivity contribution is 5.92. The highest BCUT2D eigenvalue weighted by Crippen LogP contribution is 2.43. The maximum Gasteiger partial charge on any atom is 0.292 e. The van der Waals surface area contributed by atoms with Gasteiger partial charge in [0.05, 0.1) is 23.4 Å². The number of hydrogen-bond donors (Lipinski definition) is 0. The second kappa shape index (κ2) is 6.24. The van der Waals surface area contributed by atoms with Gasteiger partial charge in [0.25, 0.3) is 5.91 Å². The van der Waals surface area contributed by atoms with Crippen molar-refractivity contribution in [2.45, 2.75) is 63.2 Å². The lowest BCUT2D eigenvalue weighted by Crippen LogP contribution is -2.53. The van der Waals surface area contributed by atoms with Gasteiger partial charge in [-0.15, -0.1) is 0 Å². The van der Waals surface area contributed by atoms with Gasteiger partial charge in [-0.1, -0.05) is 19.0 Å². The van der Waals surface area contributed by atoms with E-state index in [1.807, 2.05) is 18.7 Å². The largest absolute Gasteiger partial charge is 0.381 e. The van der Waals surface area contributed by atoms with E-state index in [1.165, 1.54) is 0 Å². The minimum atomic E-state index is -0.244. The van der Waals surface area contributed by atoms with Crippen LogP contribution < -0.4 is 0 Å². The molecule has 0 spiro atoms. The molecular weight excluding hydrogens is 296 g/mol. The molecule has 2 fully saturated rings. The van der Waals surface area contributed by atoms with Gasteiger partial charge in [-0.2, -0.15) is 0 Å². The summed E-state index contributed by atoms with van der Waals surface area (Å²) in [7, 11) is 3.48. The number of amides is 1. The van der Waals surface area contributed by atoms with Gasteiger partial charge in [0.2, 0.25) is 5.76 Å². The quantitative estimate of drug-likeness (QED) is 0.852. The van der Waals surface area contributed by atoms with Crippen LogP contribution in [0.3, 0.4) is 0 Å². The monoisotopic (exact) mass is 322 g/mol. The van der Waals surface area contributed by atoms with Crippen molar-refractivity contribution >= 4 is 5.91 Å². The number of aromatic nitrogens is 1. The van der Waals surface area contributed by atoms with Crippen molar-refractivity contribution in [1.82, 2.24) is 10.1 Å². The van der Waals surface area contributed by atoms with E-state index in [-0.39, 0.29) is 29.6 Å². The van der Waals surface area contributed by atoms with E-state index in [0.717, 1.165) is 31.4 Å². The Hall–Kier alpha value is -1.40. The maximum absolute atomic E-state index is 12.9. The molecule has 1 aliphatic carbocycles.